The van der Waals surface area contributed by atoms with Gasteiger partial charge in [0.1, 0.15) is 17.4 Å². The molecule has 0 unspecified atom stereocenters. The van der Waals surface area contributed by atoms with E-state index in [4.69, 9.17) is 0 Å². The van der Waals surface area contributed by atoms with E-state index in [9.17, 15) is 22.4 Å². The van der Waals surface area contributed by atoms with Gasteiger partial charge in [0.2, 0.25) is 0 Å². The second-order valence-corrected chi connectivity index (χ2v) is 5.35. The van der Waals surface area contributed by atoms with Crippen LogP contribution in [0.25, 0.3) is 0 Å². The molecular formula is C15H10BrF4NO2. The molecule has 8 heteroatoms. The molecule has 0 spiro atoms. The van der Waals surface area contributed by atoms with E-state index in [1.807, 2.05) is 0 Å². The van der Waals surface area contributed by atoms with Crippen LogP contribution in [-0.4, -0.2) is 12.5 Å². The van der Waals surface area contributed by atoms with E-state index >= 15 is 0 Å². The Kier molecular flexibility index (Phi) is 5.59. The average molecular weight is 392 g/mol. The zero-order valence-corrected chi connectivity index (χ0v) is 13.0. The smallest absolute Gasteiger partial charge is 0.387 e. The quantitative estimate of drug-likeness (QED) is 0.773. The van der Waals surface area contributed by atoms with Crippen molar-refractivity contribution in [1.29, 1.82) is 0 Å². The Bertz CT molecular complexity index is 725. The van der Waals surface area contributed by atoms with Gasteiger partial charge in [0.15, 0.2) is 0 Å². The second-order valence-electron chi connectivity index (χ2n) is 4.44. The van der Waals surface area contributed by atoms with Crippen LogP contribution in [0, 0.1) is 11.6 Å². The van der Waals surface area contributed by atoms with E-state index < -0.39 is 24.2 Å². The minimum atomic E-state index is -3.01. The van der Waals surface area contributed by atoms with Crippen LogP contribution in [-0.2, 0) is 6.54 Å². The minimum absolute atomic E-state index is 0.108. The highest BCUT2D eigenvalue weighted by Gasteiger charge is 2.15. The molecule has 0 radical (unpaired) electrons. The zero-order chi connectivity index (χ0) is 17.0. The Balaban J connectivity index is 2.13. The molecule has 0 aromatic heterocycles. The molecule has 3 nitrogen and oxygen atoms in total. The molecule has 1 amide bonds. The predicted molar refractivity (Wildman–Crippen MR) is 78.3 cm³/mol. The number of alkyl halides is 2. The van der Waals surface area contributed by atoms with Crippen molar-refractivity contribution >= 4 is 21.8 Å². The fraction of sp³-hybridized carbons (Fsp3) is 0.133. The summed E-state index contributed by atoms with van der Waals surface area (Å²) in [5, 5.41) is 2.37. The van der Waals surface area contributed by atoms with Crippen LogP contribution in [0.2, 0.25) is 0 Å². The molecule has 2 aromatic carbocycles. The number of amides is 1. The van der Waals surface area contributed by atoms with Crippen molar-refractivity contribution in [2.75, 3.05) is 0 Å². The molecule has 0 aliphatic rings. The first-order valence-electron chi connectivity index (χ1n) is 6.33. The molecule has 0 aliphatic carbocycles. The summed E-state index contributed by atoms with van der Waals surface area (Å²) in [6.45, 7) is -3.18. The maximum atomic E-state index is 13.5. The van der Waals surface area contributed by atoms with Gasteiger partial charge in [-0.15, -0.1) is 0 Å². The van der Waals surface area contributed by atoms with Gasteiger partial charge in [-0.3, -0.25) is 4.79 Å². The molecule has 23 heavy (non-hydrogen) atoms. The SMILES string of the molecule is O=C(NCc1cc(Br)ccc1OC(F)F)c1ccc(F)cc1F. The minimum Gasteiger partial charge on any atom is -0.434 e. The van der Waals surface area contributed by atoms with E-state index in [2.05, 4.69) is 26.0 Å². The van der Waals surface area contributed by atoms with Gasteiger partial charge in [0, 0.05) is 22.6 Å². The van der Waals surface area contributed by atoms with Crippen LogP contribution in [0.3, 0.4) is 0 Å². The monoisotopic (exact) mass is 391 g/mol. The Morgan fingerprint density at radius 3 is 2.57 bits per heavy atom. The van der Waals surface area contributed by atoms with E-state index in [0.717, 1.165) is 12.1 Å². The normalized spacial score (nSPS) is 10.7. The van der Waals surface area contributed by atoms with Crippen LogP contribution in [0.1, 0.15) is 15.9 Å². The van der Waals surface area contributed by atoms with Gasteiger partial charge in [-0.2, -0.15) is 8.78 Å². The first kappa shape index (κ1) is 17.3. The number of carbonyl (C=O) groups is 1. The largest absolute Gasteiger partial charge is 0.434 e. The number of carbonyl (C=O) groups excluding carboxylic acids is 1. The first-order chi connectivity index (χ1) is 10.9. The standard InChI is InChI=1S/C15H10BrF4NO2/c16-9-1-4-13(23-15(19)20)8(5-9)7-21-14(22)11-3-2-10(17)6-12(11)18/h1-6,15H,7H2,(H,21,22). The number of rotatable bonds is 5. The molecule has 0 fully saturated rings. The maximum absolute atomic E-state index is 13.5. The Labute approximate surface area is 137 Å². The van der Waals surface area contributed by atoms with Crippen molar-refractivity contribution < 1.29 is 27.1 Å². The van der Waals surface area contributed by atoms with E-state index in [1.165, 1.54) is 18.2 Å². The van der Waals surface area contributed by atoms with Crippen molar-refractivity contribution in [2.24, 2.45) is 0 Å². The molecule has 2 rings (SSSR count). The van der Waals surface area contributed by atoms with E-state index in [-0.39, 0.29) is 23.4 Å². The van der Waals surface area contributed by atoms with Crippen molar-refractivity contribution in [3.63, 3.8) is 0 Å². The summed E-state index contributed by atoms with van der Waals surface area (Å²) in [5.74, 6) is -2.73. The van der Waals surface area contributed by atoms with Crippen LogP contribution >= 0.6 is 15.9 Å². The van der Waals surface area contributed by atoms with Gasteiger partial charge in [0.05, 0.1) is 5.56 Å². The summed E-state index contributed by atoms with van der Waals surface area (Å²) in [6.07, 6.45) is 0. The number of halogens is 5. The molecule has 0 atom stereocenters. The number of nitrogens with one attached hydrogen (secondary N) is 1. The van der Waals surface area contributed by atoms with Crippen LogP contribution in [0.5, 0.6) is 5.75 Å². The number of benzene rings is 2. The third-order valence-electron chi connectivity index (χ3n) is 2.85. The first-order valence-corrected chi connectivity index (χ1v) is 7.12. The Morgan fingerprint density at radius 2 is 1.91 bits per heavy atom. The van der Waals surface area contributed by atoms with Gasteiger partial charge in [-0.05, 0) is 30.3 Å². The highest BCUT2D eigenvalue weighted by molar-refractivity contribution is 9.10. The fourth-order valence-electron chi connectivity index (χ4n) is 1.84. The lowest BCUT2D eigenvalue weighted by Crippen LogP contribution is -2.24. The molecular weight excluding hydrogens is 382 g/mol. The summed E-state index contributed by atoms with van der Waals surface area (Å²) in [4.78, 5) is 11.9. The van der Waals surface area contributed by atoms with Gasteiger partial charge in [0.25, 0.3) is 5.91 Å². The van der Waals surface area contributed by atoms with E-state index in [0.29, 0.717) is 10.5 Å². The molecule has 2 aromatic rings. The lowest BCUT2D eigenvalue weighted by Gasteiger charge is -2.12. The number of hydrogen-bond acceptors (Lipinski definition) is 2. The molecule has 0 heterocycles. The highest BCUT2D eigenvalue weighted by atomic mass is 79.9. The molecule has 122 valence electrons. The third kappa shape index (κ3) is 4.69. The summed E-state index contributed by atoms with van der Waals surface area (Å²) in [5.41, 5.74) is -0.0757. The molecule has 0 aliphatic heterocycles. The van der Waals surface area contributed by atoms with Crippen LogP contribution in [0.15, 0.2) is 40.9 Å². The van der Waals surface area contributed by atoms with Crippen molar-refractivity contribution in [3.05, 3.63) is 63.6 Å². The number of hydrogen-bond donors (Lipinski definition) is 1. The molecule has 0 bridgehead atoms. The van der Waals surface area contributed by atoms with Gasteiger partial charge >= 0.3 is 6.61 Å². The highest BCUT2D eigenvalue weighted by Crippen LogP contribution is 2.25. The average Bonchev–Trinajstić information content (AvgIpc) is 2.46. The summed E-state index contributed by atoms with van der Waals surface area (Å²) in [6, 6.07) is 6.83. The maximum Gasteiger partial charge on any atom is 0.387 e. The summed E-state index contributed by atoms with van der Waals surface area (Å²) >= 11 is 3.18. The van der Waals surface area contributed by atoms with Crippen LogP contribution in [0.4, 0.5) is 17.6 Å². The van der Waals surface area contributed by atoms with Crippen molar-refractivity contribution in [2.45, 2.75) is 13.2 Å². The van der Waals surface area contributed by atoms with Gasteiger partial charge in [-0.1, -0.05) is 15.9 Å². The second kappa shape index (κ2) is 7.45. The van der Waals surface area contributed by atoms with E-state index in [1.54, 1.807) is 0 Å². The lowest BCUT2D eigenvalue weighted by molar-refractivity contribution is -0.0504. The number of ether oxygens (including phenoxy) is 1. The molecule has 1 N–H and O–H groups in total. The van der Waals surface area contributed by atoms with Crippen molar-refractivity contribution in [1.82, 2.24) is 5.32 Å². The topological polar surface area (TPSA) is 38.3 Å². The molecule has 0 saturated carbocycles. The Morgan fingerprint density at radius 1 is 1.17 bits per heavy atom. The van der Waals surface area contributed by atoms with Gasteiger partial charge in [-0.25, -0.2) is 8.78 Å². The van der Waals surface area contributed by atoms with Gasteiger partial charge < -0.3 is 10.1 Å². The van der Waals surface area contributed by atoms with Crippen molar-refractivity contribution in [3.8, 4) is 5.75 Å². The lowest BCUT2D eigenvalue weighted by atomic mass is 10.1. The predicted octanol–water partition coefficient (Wildman–Crippen LogP) is 4.26. The fourth-order valence-corrected chi connectivity index (χ4v) is 2.25. The summed E-state index contributed by atoms with van der Waals surface area (Å²) < 4.78 is 56.0. The third-order valence-corrected chi connectivity index (χ3v) is 3.35. The molecule has 0 saturated heterocycles. The Hall–Kier alpha value is -2.09. The van der Waals surface area contributed by atoms with Crippen LogP contribution < -0.4 is 10.1 Å². The summed E-state index contributed by atoms with van der Waals surface area (Å²) in [7, 11) is 0. The zero-order valence-electron chi connectivity index (χ0n) is 11.5.